The zero-order valence-corrected chi connectivity index (χ0v) is 13.1. The van der Waals surface area contributed by atoms with Gasteiger partial charge in [-0.2, -0.15) is 0 Å². The summed E-state index contributed by atoms with van der Waals surface area (Å²) in [5, 5.41) is 0. The molecule has 0 nitrogen and oxygen atoms in total. The predicted molar refractivity (Wildman–Crippen MR) is 115 cm³/mol. The van der Waals surface area contributed by atoms with E-state index in [-0.39, 0.29) is 27.7 Å². The SMILES string of the molecule is C.C.C.CC1(C)c2ccccc2-c2c(C3=CC=CC=CC3)cccc21. The molecular weight excluding hydrogens is 300 g/mol. The highest BCUT2D eigenvalue weighted by molar-refractivity contribution is 5.90. The van der Waals surface area contributed by atoms with Crippen molar-refractivity contribution in [3.63, 3.8) is 0 Å². The lowest BCUT2D eigenvalue weighted by Crippen LogP contribution is -2.14. The van der Waals surface area contributed by atoms with Crippen molar-refractivity contribution in [1.82, 2.24) is 0 Å². The number of allylic oxidation sites excluding steroid dienone is 6. The average molecular weight is 333 g/mol. The third-order valence-corrected chi connectivity index (χ3v) is 4.95. The van der Waals surface area contributed by atoms with Crippen LogP contribution in [0.5, 0.6) is 0 Å². The van der Waals surface area contributed by atoms with Gasteiger partial charge in [-0.1, -0.05) is 109 Å². The van der Waals surface area contributed by atoms with Crippen LogP contribution in [0, 0.1) is 0 Å². The molecule has 0 radical (unpaired) electrons. The minimum absolute atomic E-state index is 0. The van der Waals surface area contributed by atoms with Gasteiger partial charge >= 0.3 is 0 Å². The Morgan fingerprint density at radius 1 is 0.720 bits per heavy atom. The molecule has 2 aliphatic carbocycles. The molecule has 0 aromatic heterocycles. The van der Waals surface area contributed by atoms with Crippen molar-refractivity contribution in [2.24, 2.45) is 0 Å². The second kappa shape index (κ2) is 7.70. The van der Waals surface area contributed by atoms with Gasteiger partial charge in [-0.15, -0.1) is 0 Å². The summed E-state index contributed by atoms with van der Waals surface area (Å²) in [6.45, 7) is 4.67. The molecule has 0 unspecified atom stereocenters. The summed E-state index contributed by atoms with van der Waals surface area (Å²) < 4.78 is 0. The van der Waals surface area contributed by atoms with Crippen molar-refractivity contribution >= 4 is 5.57 Å². The summed E-state index contributed by atoms with van der Waals surface area (Å²) in [5.74, 6) is 0. The average Bonchev–Trinajstić information content (AvgIpc) is 2.73. The highest BCUT2D eigenvalue weighted by atomic mass is 14.4. The summed E-state index contributed by atoms with van der Waals surface area (Å²) in [4.78, 5) is 0. The zero-order chi connectivity index (χ0) is 15.2. The van der Waals surface area contributed by atoms with Crippen LogP contribution in [0.4, 0.5) is 0 Å². The highest BCUT2D eigenvalue weighted by Crippen LogP contribution is 2.51. The summed E-state index contributed by atoms with van der Waals surface area (Å²) in [5.41, 5.74) is 8.58. The van der Waals surface area contributed by atoms with E-state index in [1.807, 2.05) is 0 Å². The molecule has 0 aliphatic heterocycles. The summed E-state index contributed by atoms with van der Waals surface area (Å²) >= 11 is 0. The first-order valence-electron chi connectivity index (χ1n) is 7.96. The van der Waals surface area contributed by atoms with Crippen LogP contribution < -0.4 is 0 Å². The van der Waals surface area contributed by atoms with Gasteiger partial charge in [-0.3, -0.25) is 0 Å². The van der Waals surface area contributed by atoms with Gasteiger partial charge < -0.3 is 0 Å². The first-order chi connectivity index (χ1) is 10.7. The van der Waals surface area contributed by atoms with E-state index in [9.17, 15) is 0 Å². The van der Waals surface area contributed by atoms with E-state index in [0.717, 1.165) is 6.42 Å². The van der Waals surface area contributed by atoms with E-state index in [1.54, 1.807) is 0 Å². The minimum Gasteiger partial charge on any atom is -0.0801 e. The summed E-state index contributed by atoms with van der Waals surface area (Å²) in [6.07, 6.45) is 11.9. The van der Waals surface area contributed by atoms with Crippen LogP contribution >= 0.6 is 0 Å². The fourth-order valence-corrected chi connectivity index (χ4v) is 3.80. The van der Waals surface area contributed by atoms with E-state index < -0.39 is 0 Å². The molecule has 0 saturated heterocycles. The highest BCUT2D eigenvalue weighted by Gasteiger charge is 2.36. The van der Waals surface area contributed by atoms with Crippen LogP contribution in [0.3, 0.4) is 0 Å². The molecular formula is C25H32. The number of fused-ring (bicyclic) bond motifs is 3. The fourth-order valence-electron chi connectivity index (χ4n) is 3.80. The minimum atomic E-state index is 0. The van der Waals surface area contributed by atoms with E-state index in [4.69, 9.17) is 0 Å². The van der Waals surface area contributed by atoms with Crippen LogP contribution in [-0.2, 0) is 5.41 Å². The molecule has 0 spiro atoms. The van der Waals surface area contributed by atoms with Crippen LogP contribution in [0.15, 0.2) is 72.8 Å². The Bertz CT molecular complexity index is 829. The standard InChI is InChI=1S/C22H20.3CH4/c1-22(2)19-14-8-7-12-18(19)21-17(13-9-15-20(21)22)16-10-5-3-4-6-11-16;;;/h3-10,12-15H,11H2,1-2H3;3*1H4. The fraction of sp³-hybridized carbons (Fsp3) is 0.280. The Kier molecular flexibility index (Phi) is 6.37. The zero-order valence-electron chi connectivity index (χ0n) is 13.1. The summed E-state index contributed by atoms with van der Waals surface area (Å²) in [6, 6.07) is 15.6. The van der Waals surface area contributed by atoms with Gasteiger partial charge in [-0.05, 0) is 39.8 Å². The lowest BCUT2D eigenvalue weighted by atomic mass is 9.82. The van der Waals surface area contributed by atoms with E-state index in [0.29, 0.717) is 0 Å². The lowest BCUT2D eigenvalue weighted by Gasteiger charge is -2.21. The molecule has 132 valence electrons. The first kappa shape index (κ1) is 20.7. The topological polar surface area (TPSA) is 0 Å². The first-order valence-corrected chi connectivity index (χ1v) is 7.96. The van der Waals surface area contributed by atoms with Crippen molar-refractivity contribution in [1.29, 1.82) is 0 Å². The van der Waals surface area contributed by atoms with Gasteiger partial charge in [0.05, 0.1) is 0 Å². The molecule has 2 aromatic carbocycles. The van der Waals surface area contributed by atoms with Crippen molar-refractivity contribution in [2.45, 2.75) is 48.0 Å². The molecule has 2 aromatic rings. The quantitative estimate of drug-likeness (QED) is 0.499. The van der Waals surface area contributed by atoms with E-state index in [2.05, 4.69) is 86.7 Å². The van der Waals surface area contributed by atoms with E-state index in [1.165, 1.54) is 33.4 Å². The van der Waals surface area contributed by atoms with Crippen LogP contribution in [0.2, 0.25) is 0 Å². The van der Waals surface area contributed by atoms with Crippen LogP contribution in [0.25, 0.3) is 16.7 Å². The number of hydrogen-bond acceptors (Lipinski definition) is 0. The second-order valence-electron chi connectivity index (χ2n) is 6.61. The van der Waals surface area contributed by atoms with Gasteiger partial charge in [0, 0.05) is 5.41 Å². The van der Waals surface area contributed by atoms with E-state index >= 15 is 0 Å². The molecule has 0 fully saturated rings. The molecule has 0 N–H and O–H groups in total. The molecule has 0 atom stereocenters. The van der Waals surface area contributed by atoms with Crippen LogP contribution in [0.1, 0.15) is 59.2 Å². The maximum absolute atomic E-state index is 2.34. The summed E-state index contributed by atoms with van der Waals surface area (Å²) in [7, 11) is 0. The Morgan fingerprint density at radius 2 is 1.40 bits per heavy atom. The number of hydrogen-bond donors (Lipinski definition) is 0. The smallest absolute Gasteiger partial charge is 0.0159 e. The Morgan fingerprint density at radius 3 is 2.20 bits per heavy atom. The molecule has 2 aliphatic rings. The number of rotatable bonds is 1. The third kappa shape index (κ3) is 3.14. The van der Waals surface area contributed by atoms with Gasteiger partial charge in [0.25, 0.3) is 0 Å². The molecule has 0 bridgehead atoms. The van der Waals surface area contributed by atoms with Crippen molar-refractivity contribution < 1.29 is 0 Å². The van der Waals surface area contributed by atoms with Crippen LogP contribution in [-0.4, -0.2) is 0 Å². The molecule has 0 heteroatoms. The predicted octanol–water partition coefficient (Wildman–Crippen LogP) is 7.80. The molecule has 0 heterocycles. The maximum Gasteiger partial charge on any atom is 0.0159 e. The maximum atomic E-state index is 2.34. The largest absolute Gasteiger partial charge is 0.0801 e. The van der Waals surface area contributed by atoms with Gasteiger partial charge in [0.15, 0.2) is 0 Å². The third-order valence-electron chi connectivity index (χ3n) is 4.95. The lowest BCUT2D eigenvalue weighted by molar-refractivity contribution is 0.660. The Labute approximate surface area is 154 Å². The Balaban J connectivity index is 0.00000104. The van der Waals surface area contributed by atoms with Crippen molar-refractivity contribution in [2.75, 3.05) is 0 Å². The monoisotopic (exact) mass is 332 g/mol. The molecule has 0 amide bonds. The van der Waals surface area contributed by atoms with Gasteiger partial charge in [0.2, 0.25) is 0 Å². The number of benzene rings is 2. The van der Waals surface area contributed by atoms with Crippen molar-refractivity contribution in [3.8, 4) is 11.1 Å². The molecule has 4 rings (SSSR count). The van der Waals surface area contributed by atoms with Crippen molar-refractivity contribution in [3.05, 3.63) is 89.5 Å². The van der Waals surface area contributed by atoms with Gasteiger partial charge in [-0.25, -0.2) is 0 Å². The van der Waals surface area contributed by atoms with Gasteiger partial charge in [0.1, 0.15) is 0 Å². The Hall–Kier alpha value is -2.34. The normalized spacial score (nSPS) is 15.5. The molecule has 25 heavy (non-hydrogen) atoms. The molecule has 0 saturated carbocycles. The second-order valence-corrected chi connectivity index (χ2v) is 6.61.